The second-order valence-corrected chi connectivity index (χ2v) is 4.17. The zero-order chi connectivity index (χ0) is 13.1. The molecule has 18 heavy (non-hydrogen) atoms. The maximum atomic E-state index is 12.2. The van der Waals surface area contributed by atoms with Crippen molar-refractivity contribution in [1.29, 1.82) is 0 Å². The quantitative estimate of drug-likeness (QED) is 0.881. The fraction of sp³-hybridized carbons (Fsp3) is 0.385. The van der Waals surface area contributed by atoms with E-state index in [0.29, 0.717) is 23.5 Å². The van der Waals surface area contributed by atoms with E-state index in [1.165, 1.54) is 7.11 Å². The first-order valence-corrected chi connectivity index (χ1v) is 5.68. The molecule has 1 aromatic carbocycles. The third kappa shape index (κ3) is 2.45. The molecule has 1 unspecified atom stereocenters. The smallest absolute Gasteiger partial charge is 0.303 e. The number of carbonyl (C=O) groups is 2. The fourth-order valence-electron chi connectivity index (χ4n) is 1.95. The van der Waals surface area contributed by atoms with Crippen molar-refractivity contribution in [2.24, 2.45) is 5.92 Å². The van der Waals surface area contributed by atoms with Gasteiger partial charge in [-0.1, -0.05) is 0 Å². The summed E-state index contributed by atoms with van der Waals surface area (Å²) in [6.45, 7) is 0.242. The van der Waals surface area contributed by atoms with Crippen LogP contribution >= 0.6 is 0 Å². The number of hydrogen-bond donors (Lipinski definition) is 1. The van der Waals surface area contributed by atoms with Crippen LogP contribution in [-0.2, 0) is 4.79 Å². The van der Waals surface area contributed by atoms with E-state index in [-0.39, 0.29) is 24.7 Å². The number of ketones is 1. The minimum absolute atomic E-state index is 0.0287. The van der Waals surface area contributed by atoms with E-state index in [0.717, 1.165) is 0 Å². The lowest BCUT2D eigenvalue weighted by Gasteiger charge is -2.24. The summed E-state index contributed by atoms with van der Waals surface area (Å²) in [5.41, 5.74) is 0.469. The molecular weight excluding hydrogens is 236 g/mol. The van der Waals surface area contributed by atoms with Crippen molar-refractivity contribution in [3.8, 4) is 11.5 Å². The normalized spacial score (nSPS) is 17.8. The van der Waals surface area contributed by atoms with Gasteiger partial charge in [0.2, 0.25) is 0 Å². The Labute approximate surface area is 104 Å². The van der Waals surface area contributed by atoms with Gasteiger partial charge in [-0.25, -0.2) is 0 Å². The molecule has 1 aliphatic rings. The highest BCUT2D eigenvalue weighted by Crippen LogP contribution is 2.32. The lowest BCUT2D eigenvalue weighted by Crippen LogP contribution is -2.28. The Morgan fingerprint density at radius 3 is 3.00 bits per heavy atom. The molecule has 96 valence electrons. The molecule has 2 rings (SSSR count). The molecule has 5 nitrogen and oxygen atoms in total. The van der Waals surface area contributed by atoms with Gasteiger partial charge in [-0.2, -0.15) is 0 Å². The minimum atomic E-state index is -0.903. The van der Waals surface area contributed by atoms with Crippen molar-refractivity contribution >= 4 is 11.8 Å². The predicted octanol–water partition coefficient (Wildman–Crippen LogP) is 1.75. The predicted molar refractivity (Wildman–Crippen MR) is 63.2 cm³/mol. The van der Waals surface area contributed by atoms with E-state index >= 15 is 0 Å². The summed E-state index contributed by atoms with van der Waals surface area (Å²) in [6, 6.07) is 5.05. The molecular formula is C13H14O5. The lowest BCUT2D eigenvalue weighted by molar-refractivity contribution is -0.137. The second kappa shape index (κ2) is 5.08. The highest BCUT2D eigenvalue weighted by Gasteiger charge is 2.29. The minimum Gasteiger partial charge on any atom is -0.497 e. The van der Waals surface area contributed by atoms with Crippen LogP contribution in [0.4, 0.5) is 0 Å². The van der Waals surface area contributed by atoms with Crippen molar-refractivity contribution in [2.75, 3.05) is 13.7 Å². The van der Waals surface area contributed by atoms with Crippen LogP contribution in [0.1, 0.15) is 23.2 Å². The standard InChI is InChI=1S/C13H14O5/c1-17-9-3-4-11-10(6-9)13(16)8(7-18-11)2-5-12(14)15/h3-4,6,8H,2,5,7H2,1H3,(H,14,15). The molecule has 0 amide bonds. The molecule has 1 heterocycles. The first-order valence-electron chi connectivity index (χ1n) is 5.68. The molecule has 0 fully saturated rings. The zero-order valence-corrected chi connectivity index (χ0v) is 10.0. The largest absolute Gasteiger partial charge is 0.497 e. The van der Waals surface area contributed by atoms with E-state index in [9.17, 15) is 9.59 Å². The highest BCUT2D eigenvalue weighted by molar-refractivity contribution is 6.01. The summed E-state index contributed by atoms with van der Waals surface area (Å²) in [7, 11) is 1.53. The summed E-state index contributed by atoms with van der Waals surface area (Å²) >= 11 is 0. The maximum absolute atomic E-state index is 12.2. The summed E-state index contributed by atoms with van der Waals surface area (Å²) in [6.07, 6.45) is 0.268. The number of methoxy groups -OCH3 is 1. The van der Waals surface area contributed by atoms with E-state index in [1.807, 2.05) is 0 Å². The van der Waals surface area contributed by atoms with Gasteiger partial charge < -0.3 is 14.6 Å². The van der Waals surface area contributed by atoms with E-state index in [4.69, 9.17) is 14.6 Å². The number of carboxylic acid groups (broad SMARTS) is 1. The van der Waals surface area contributed by atoms with Crippen LogP contribution in [0.25, 0.3) is 0 Å². The van der Waals surface area contributed by atoms with Crippen LogP contribution in [0.5, 0.6) is 11.5 Å². The number of benzene rings is 1. The molecule has 1 atom stereocenters. The van der Waals surface area contributed by atoms with Gasteiger partial charge >= 0.3 is 5.97 Å². The monoisotopic (exact) mass is 250 g/mol. The lowest BCUT2D eigenvalue weighted by atomic mass is 9.91. The molecule has 1 aromatic rings. The zero-order valence-electron chi connectivity index (χ0n) is 10.0. The van der Waals surface area contributed by atoms with E-state index < -0.39 is 5.97 Å². The summed E-state index contributed by atoms with van der Waals surface area (Å²) in [5, 5.41) is 8.64. The van der Waals surface area contributed by atoms with Crippen molar-refractivity contribution in [2.45, 2.75) is 12.8 Å². The van der Waals surface area contributed by atoms with Gasteiger partial charge in [-0.05, 0) is 24.6 Å². The van der Waals surface area contributed by atoms with E-state index in [1.54, 1.807) is 18.2 Å². The number of rotatable bonds is 4. The average Bonchev–Trinajstić information content (AvgIpc) is 2.37. The van der Waals surface area contributed by atoms with Crippen molar-refractivity contribution < 1.29 is 24.2 Å². The van der Waals surface area contributed by atoms with Crippen molar-refractivity contribution in [1.82, 2.24) is 0 Å². The summed E-state index contributed by atoms with van der Waals surface area (Å²) < 4.78 is 10.5. The third-order valence-corrected chi connectivity index (χ3v) is 2.97. The number of aliphatic carboxylic acids is 1. The molecule has 0 bridgehead atoms. The van der Waals surface area contributed by atoms with Crippen LogP contribution in [-0.4, -0.2) is 30.6 Å². The Morgan fingerprint density at radius 1 is 1.56 bits per heavy atom. The summed E-state index contributed by atoms with van der Waals surface area (Å²) in [4.78, 5) is 22.7. The van der Waals surface area contributed by atoms with Gasteiger partial charge in [0.15, 0.2) is 5.78 Å². The van der Waals surface area contributed by atoms with Gasteiger partial charge in [-0.3, -0.25) is 9.59 Å². The van der Waals surface area contributed by atoms with E-state index in [2.05, 4.69) is 0 Å². The SMILES string of the molecule is COc1ccc2c(c1)C(=O)C(CCC(=O)O)CO2. The first kappa shape index (κ1) is 12.4. The Bertz CT molecular complexity index is 480. The maximum Gasteiger partial charge on any atom is 0.303 e. The van der Waals surface area contributed by atoms with Crippen LogP contribution in [0.3, 0.4) is 0 Å². The van der Waals surface area contributed by atoms with Crippen molar-refractivity contribution in [3.63, 3.8) is 0 Å². The Kier molecular flexibility index (Phi) is 3.50. The first-order chi connectivity index (χ1) is 8.61. The molecule has 0 aliphatic carbocycles. The Balaban J connectivity index is 2.18. The number of fused-ring (bicyclic) bond motifs is 1. The molecule has 0 saturated heterocycles. The van der Waals surface area contributed by atoms with Crippen LogP contribution < -0.4 is 9.47 Å². The van der Waals surface area contributed by atoms with Crippen LogP contribution in [0.15, 0.2) is 18.2 Å². The van der Waals surface area contributed by atoms with Crippen LogP contribution in [0, 0.1) is 5.92 Å². The fourth-order valence-corrected chi connectivity index (χ4v) is 1.95. The number of carbonyl (C=O) groups excluding carboxylic acids is 1. The van der Waals surface area contributed by atoms with Gasteiger partial charge in [0.1, 0.15) is 11.5 Å². The number of hydrogen-bond acceptors (Lipinski definition) is 4. The average molecular weight is 250 g/mol. The summed E-state index contributed by atoms with van der Waals surface area (Å²) in [5.74, 6) is -0.242. The third-order valence-electron chi connectivity index (χ3n) is 2.97. The molecule has 1 N–H and O–H groups in total. The molecule has 0 aromatic heterocycles. The topological polar surface area (TPSA) is 72.8 Å². The molecule has 5 heteroatoms. The highest BCUT2D eigenvalue weighted by atomic mass is 16.5. The van der Waals surface area contributed by atoms with Gasteiger partial charge in [0.05, 0.1) is 25.2 Å². The van der Waals surface area contributed by atoms with Gasteiger partial charge in [0, 0.05) is 6.42 Å². The molecule has 0 radical (unpaired) electrons. The van der Waals surface area contributed by atoms with Gasteiger partial charge in [0.25, 0.3) is 0 Å². The number of carboxylic acids is 1. The van der Waals surface area contributed by atoms with Crippen molar-refractivity contribution in [3.05, 3.63) is 23.8 Å². The Morgan fingerprint density at radius 2 is 2.33 bits per heavy atom. The number of Topliss-reactive ketones (excluding diaryl/α,β-unsaturated/α-hetero) is 1. The van der Waals surface area contributed by atoms with Gasteiger partial charge in [-0.15, -0.1) is 0 Å². The number of ether oxygens (including phenoxy) is 2. The molecule has 0 spiro atoms. The molecule has 1 aliphatic heterocycles. The second-order valence-electron chi connectivity index (χ2n) is 4.17. The van der Waals surface area contributed by atoms with Crippen LogP contribution in [0.2, 0.25) is 0 Å². The Hall–Kier alpha value is -2.04. The molecule has 0 saturated carbocycles.